The van der Waals surface area contributed by atoms with E-state index in [0.717, 1.165) is 51.4 Å². The lowest BCUT2D eigenvalue weighted by Gasteiger charge is -2.36. The van der Waals surface area contributed by atoms with E-state index in [1.165, 1.54) is 12.1 Å². The number of benzene rings is 1. The van der Waals surface area contributed by atoms with Crippen molar-refractivity contribution in [3.8, 4) is 0 Å². The lowest BCUT2D eigenvalue weighted by molar-refractivity contribution is -0.137. The Balaban J connectivity index is 0.00000341. The van der Waals surface area contributed by atoms with Gasteiger partial charge in [0.1, 0.15) is 6.10 Å². The maximum atomic E-state index is 13.0. The van der Waals surface area contributed by atoms with Crippen molar-refractivity contribution in [2.75, 3.05) is 66.1 Å². The number of morpholine rings is 2. The average Bonchev–Trinajstić information content (AvgIpc) is 2.75. The first-order valence-electron chi connectivity index (χ1n) is 10.4. The summed E-state index contributed by atoms with van der Waals surface area (Å²) in [6.07, 6.45) is -4.79. The molecular formula is C21H32F3IN4O2. The van der Waals surface area contributed by atoms with Crippen LogP contribution in [-0.2, 0) is 15.7 Å². The zero-order chi connectivity index (χ0) is 21.6. The number of hydrogen-bond acceptors (Lipinski definition) is 4. The fourth-order valence-corrected chi connectivity index (χ4v) is 3.85. The molecule has 0 saturated carbocycles. The minimum Gasteiger partial charge on any atom is -0.379 e. The average molecular weight is 556 g/mol. The van der Waals surface area contributed by atoms with Crippen LogP contribution in [0, 0.1) is 5.92 Å². The summed E-state index contributed by atoms with van der Waals surface area (Å²) >= 11 is 0. The highest BCUT2D eigenvalue weighted by Gasteiger charge is 2.32. The largest absolute Gasteiger partial charge is 0.416 e. The van der Waals surface area contributed by atoms with E-state index < -0.39 is 17.8 Å². The molecule has 0 radical (unpaired) electrons. The number of rotatable bonds is 5. The van der Waals surface area contributed by atoms with Gasteiger partial charge in [-0.1, -0.05) is 19.1 Å². The van der Waals surface area contributed by atoms with Gasteiger partial charge in [0.2, 0.25) is 0 Å². The van der Waals surface area contributed by atoms with Crippen LogP contribution in [0.1, 0.15) is 24.2 Å². The molecule has 2 fully saturated rings. The summed E-state index contributed by atoms with van der Waals surface area (Å²) in [6.45, 7) is 8.98. The summed E-state index contributed by atoms with van der Waals surface area (Å²) in [5.74, 6) is 1.18. The quantitative estimate of drug-likeness (QED) is 0.343. The first-order valence-corrected chi connectivity index (χ1v) is 10.4. The van der Waals surface area contributed by atoms with Crippen LogP contribution in [0.3, 0.4) is 0 Å². The van der Waals surface area contributed by atoms with Gasteiger partial charge < -0.3 is 19.7 Å². The highest BCUT2D eigenvalue weighted by Crippen LogP contribution is 2.32. The molecule has 3 rings (SSSR count). The Kier molecular flexibility index (Phi) is 10.3. The fraction of sp³-hybridized carbons (Fsp3) is 0.667. The standard InChI is InChI=1S/C21H31F3N4O2.HI/c1-16(14-27-6-9-29-10-7-27)13-26-20(25-2)28-8-11-30-19(15-28)17-4-3-5-18(12-17)21(22,23)24;/h3-5,12,16,19H,6-11,13-15H2,1-2H3,(H,25,26);1H. The van der Waals surface area contributed by atoms with Gasteiger partial charge in [0.15, 0.2) is 5.96 Å². The second kappa shape index (κ2) is 12.2. The van der Waals surface area contributed by atoms with E-state index in [-0.39, 0.29) is 24.0 Å². The number of guanidine groups is 1. The highest BCUT2D eigenvalue weighted by molar-refractivity contribution is 14.0. The van der Waals surface area contributed by atoms with Crippen LogP contribution in [0.2, 0.25) is 0 Å². The zero-order valence-electron chi connectivity index (χ0n) is 18.0. The van der Waals surface area contributed by atoms with Gasteiger partial charge in [-0.25, -0.2) is 0 Å². The Labute approximate surface area is 199 Å². The molecule has 0 aromatic heterocycles. The third-order valence-electron chi connectivity index (χ3n) is 5.45. The Morgan fingerprint density at radius 1 is 1.23 bits per heavy atom. The van der Waals surface area contributed by atoms with Crippen LogP contribution in [0.15, 0.2) is 29.3 Å². The highest BCUT2D eigenvalue weighted by atomic mass is 127. The van der Waals surface area contributed by atoms with E-state index >= 15 is 0 Å². The molecule has 2 atom stereocenters. The zero-order valence-corrected chi connectivity index (χ0v) is 20.4. The number of hydrogen-bond donors (Lipinski definition) is 1. The van der Waals surface area contributed by atoms with E-state index in [0.29, 0.717) is 31.2 Å². The molecule has 176 valence electrons. The van der Waals surface area contributed by atoms with Crippen LogP contribution >= 0.6 is 24.0 Å². The molecule has 10 heteroatoms. The van der Waals surface area contributed by atoms with Crippen LogP contribution < -0.4 is 5.32 Å². The van der Waals surface area contributed by atoms with Crippen molar-refractivity contribution in [3.05, 3.63) is 35.4 Å². The summed E-state index contributed by atoms with van der Waals surface area (Å²) in [6, 6.07) is 5.38. The molecule has 0 aliphatic carbocycles. The van der Waals surface area contributed by atoms with Crippen LogP contribution in [0.25, 0.3) is 0 Å². The van der Waals surface area contributed by atoms with E-state index in [1.807, 2.05) is 0 Å². The van der Waals surface area contributed by atoms with Gasteiger partial charge in [-0.05, 0) is 23.6 Å². The van der Waals surface area contributed by atoms with Gasteiger partial charge >= 0.3 is 6.18 Å². The van der Waals surface area contributed by atoms with Crippen molar-refractivity contribution in [2.24, 2.45) is 10.9 Å². The smallest absolute Gasteiger partial charge is 0.379 e. The van der Waals surface area contributed by atoms with Gasteiger partial charge in [0, 0.05) is 39.8 Å². The minimum atomic E-state index is -4.36. The molecule has 0 amide bonds. The number of nitrogens with one attached hydrogen (secondary N) is 1. The first-order chi connectivity index (χ1) is 14.4. The summed E-state index contributed by atoms with van der Waals surface area (Å²) in [5.41, 5.74) is -0.120. The topological polar surface area (TPSA) is 49.3 Å². The number of ether oxygens (including phenoxy) is 2. The van der Waals surface area contributed by atoms with Gasteiger partial charge in [-0.3, -0.25) is 9.89 Å². The van der Waals surface area contributed by atoms with E-state index in [4.69, 9.17) is 9.47 Å². The molecule has 2 saturated heterocycles. The molecule has 2 heterocycles. The Bertz CT molecular complexity index is 714. The molecule has 0 bridgehead atoms. The SMILES string of the molecule is CN=C(NCC(C)CN1CCOCC1)N1CCOC(c2cccc(C(F)(F)F)c2)C1.I. The second-order valence-corrected chi connectivity index (χ2v) is 7.87. The Hall–Kier alpha value is -1.11. The molecule has 31 heavy (non-hydrogen) atoms. The molecule has 2 aliphatic heterocycles. The first kappa shape index (κ1) is 26.1. The number of halogens is 4. The molecule has 2 aliphatic rings. The maximum Gasteiger partial charge on any atom is 0.416 e. The summed E-state index contributed by atoms with van der Waals surface area (Å²) in [4.78, 5) is 8.83. The van der Waals surface area contributed by atoms with Crippen LogP contribution in [-0.4, -0.2) is 81.9 Å². The Morgan fingerprint density at radius 3 is 2.65 bits per heavy atom. The third kappa shape index (κ3) is 7.76. The summed E-state index contributed by atoms with van der Waals surface area (Å²) < 4.78 is 50.3. The van der Waals surface area contributed by atoms with Crippen molar-refractivity contribution in [1.82, 2.24) is 15.1 Å². The molecule has 1 aromatic carbocycles. The van der Waals surface area contributed by atoms with Crippen LogP contribution in [0.5, 0.6) is 0 Å². The molecule has 6 nitrogen and oxygen atoms in total. The van der Waals surface area contributed by atoms with Gasteiger partial charge in [0.05, 0.1) is 31.9 Å². The second-order valence-electron chi connectivity index (χ2n) is 7.87. The third-order valence-corrected chi connectivity index (χ3v) is 5.45. The fourth-order valence-electron chi connectivity index (χ4n) is 3.85. The van der Waals surface area contributed by atoms with Gasteiger partial charge in [0.25, 0.3) is 0 Å². The molecule has 2 unspecified atom stereocenters. The summed E-state index contributed by atoms with van der Waals surface area (Å²) in [5, 5.41) is 3.42. The monoisotopic (exact) mass is 556 g/mol. The van der Waals surface area contributed by atoms with Gasteiger partial charge in [-0.15, -0.1) is 24.0 Å². The van der Waals surface area contributed by atoms with Crippen molar-refractivity contribution in [1.29, 1.82) is 0 Å². The van der Waals surface area contributed by atoms with Crippen molar-refractivity contribution >= 4 is 29.9 Å². The van der Waals surface area contributed by atoms with Gasteiger partial charge in [-0.2, -0.15) is 13.2 Å². The van der Waals surface area contributed by atoms with E-state index in [9.17, 15) is 13.2 Å². The van der Waals surface area contributed by atoms with E-state index in [2.05, 4.69) is 27.0 Å². The molecule has 1 aromatic rings. The van der Waals surface area contributed by atoms with Crippen molar-refractivity contribution < 1.29 is 22.6 Å². The maximum absolute atomic E-state index is 13.0. The molecule has 0 spiro atoms. The van der Waals surface area contributed by atoms with Crippen molar-refractivity contribution in [2.45, 2.75) is 19.2 Å². The number of aliphatic imine (C=N–C) groups is 1. The lowest BCUT2D eigenvalue weighted by atomic mass is 10.0. The summed E-state index contributed by atoms with van der Waals surface area (Å²) in [7, 11) is 1.73. The van der Waals surface area contributed by atoms with E-state index in [1.54, 1.807) is 13.1 Å². The predicted molar refractivity (Wildman–Crippen MR) is 125 cm³/mol. The number of nitrogens with zero attached hydrogens (tertiary/aromatic N) is 3. The minimum absolute atomic E-state index is 0. The lowest BCUT2D eigenvalue weighted by Crippen LogP contribution is -2.49. The number of alkyl halides is 3. The van der Waals surface area contributed by atoms with Crippen LogP contribution in [0.4, 0.5) is 13.2 Å². The predicted octanol–water partition coefficient (Wildman–Crippen LogP) is 3.24. The normalized spacial score (nSPS) is 22.0. The molecule has 1 N–H and O–H groups in total. The van der Waals surface area contributed by atoms with Crippen molar-refractivity contribution in [3.63, 3.8) is 0 Å². The Morgan fingerprint density at radius 2 is 1.97 bits per heavy atom. The molecular weight excluding hydrogens is 524 g/mol.